The van der Waals surface area contributed by atoms with Crippen molar-refractivity contribution in [2.24, 2.45) is 0 Å². The molecule has 3 rings (SSSR count). The van der Waals surface area contributed by atoms with Crippen molar-refractivity contribution < 1.29 is 13.2 Å². The number of sulfonamides is 1. The zero-order valence-corrected chi connectivity index (χ0v) is 18.5. The highest BCUT2D eigenvalue weighted by Gasteiger charge is 2.36. The molecule has 5 nitrogen and oxygen atoms in total. The molecule has 0 saturated heterocycles. The Balaban J connectivity index is 2.00. The molecule has 0 aromatic heterocycles. The van der Waals surface area contributed by atoms with Gasteiger partial charge in [0.25, 0.3) is 10.0 Å². The van der Waals surface area contributed by atoms with Gasteiger partial charge in [0.1, 0.15) is 5.78 Å². The quantitative estimate of drug-likeness (QED) is 0.634. The summed E-state index contributed by atoms with van der Waals surface area (Å²) >= 11 is 0. The van der Waals surface area contributed by atoms with Crippen LogP contribution in [0.25, 0.3) is 0 Å². The molecule has 0 radical (unpaired) electrons. The molecule has 6 heteroatoms. The van der Waals surface area contributed by atoms with Gasteiger partial charge in [0.2, 0.25) is 0 Å². The lowest BCUT2D eigenvalue weighted by Crippen LogP contribution is -2.27. The maximum atomic E-state index is 13.3. The normalized spacial score (nSPS) is 17.6. The van der Waals surface area contributed by atoms with Gasteiger partial charge in [0.15, 0.2) is 0 Å². The maximum absolute atomic E-state index is 13.3. The Morgan fingerprint density at radius 3 is 2.52 bits per heavy atom. The Hall–Kier alpha value is -2.18. The van der Waals surface area contributed by atoms with E-state index in [9.17, 15) is 13.2 Å². The molecule has 0 aliphatic carbocycles. The molecule has 2 aromatic carbocycles. The van der Waals surface area contributed by atoms with E-state index in [4.69, 9.17) is 0 Å². The molecular weight excluding hydrogens is 384 g/mol. The summed E-state index contributed by atoms with van der Waals surface area (Å²) in [6.45, 7) is 4.38. The molecule has 2 aromatic rings. The fourth-order valence-corrected chi connectivity index (χ4v) is 5.59. The SMILES string of the molecule is CC(=O)CCCCCN(C)C1c2ccccc2N(C)S(=O)(=O)c2cc(C)ccc21. The predicted molar refractivity (Wildman–Crippen MR) is 117 cm³/mol. The van der Waals surface area contributed by atoms with Crippen molar-refractivity contribution in [1.82, 2.24) is 4.90 Å². The van der Waals surface area contributed by atoms with Gasteiger partial charge in [-0.1, -0.05) is 36.8 Å². The third-order valence-electron chi connectivity index (χ3n) is 5.65. The summed E-state index contributed by atoms with van der Waals surface area (Å²) in [5, 5.41) is 0. The van der Waals surface area contributed by atoms with Crippen LogP contribution in [0.1, 0.15) is 55.3 Å². The number of aryl methyl sites for hydroxylation is 1. The van der Waals surface area contributed by atoms with Gasteiger partial charge < -0.3 is 4.79 Å². The Morgan fingerprint density at radius 1 is 1.07 bits per heavy atom. The first kappa shape index (κ1) is 21.5. The topological polar surface area (TPSA) is 57.7 Å². The predicted octanol–water partition coefficient (Wildman–Crippen LogP) is 4.30. The Morgan fingerprint density at radius 2 is 1.79 bits per heavy atom. The summed E-state index contributed by atoms with van der Waals surface area (Å²) in [5.41, 5.74) is 3.46. The van der Waals surface area contributed by atoms with E-state index in [1.54, 1.807) is 20.0 Å². The number of nitrogens with zero attached hydrogens (tertiary/aromatic N) is 2. The van der Waals surface area contributed by atoms with Crippen molar-refractivity contribution in [2.45, 2.75) is 50.5 Å². The number of anilines is 1. The lowest BCUT2D eigenvalue weighted by molar-refractivity contribution is -0.117. The number of carbonyl (C=O) groups is 1. The molecule has 0 saturated carbocycles. The lowest BCUT2D eigenvalue weighted by atomic mass is 9.94. The minimum Gasteiger partial charge on any atom is -0.300 e. The highest BCUT2D eigenvalue weighted by Crippen LogP contribution is 2.42. The average Bonchev–Trinajstić information content (AvgIpc) is 2.74. The molecule has 1 aliphatic rings. The molecule has 0 fully saturated rings. The fourth-order valence-electron chi connectivity index (χ4n) is 4.06. The molecular formula is C23H30N2O3S. The Bertz CT molecular complexity index is 1000. The number of rotatable bonds is 7. The van der Waals surface area contributed by atoms with Gasteiger partial charge >= 0.3 is 0 Å². The van der Waals surface area contributed by atoms with Crippen molar-refractivity contribution in [1.29, 1.82) is 0 Å². The number of carbonyl (C=O) groups excluding carboxylic acids is 1. The van der Waals surface area contributed by atoms with Crippen LogP contribution in [0.3, 0.4) is 0 Å². The van der Waals surface area contributed by atoms with Gasteiger partial charge in [-0.15, -0.1) is 0 Å². The second kappa shape index (κ2) is 8.67. The average molecular weight is 415 g/mol. The van der Waals surface area contributed by atoms with Crippen LogP contribution in [-0.2, 0) is 14.8 Å². The molecule has 1 unspecified atom stereocenters. The summed E-state index contributed by atoms with van der Waals surface area (Å²) in [5.74, 6) is 0.230. The molecule has 1 heterocycles. The minimum atomic E-state index is -3.63. The van der Waals surface area contributed by atoms with Gasteiger partial charge in [-0.05, 0) is 69.1 Å². The van der Waals surface area contributed by atoms with Crippen LogP contribution in [0.5, 0.6) is 0 Å². The summed E-state index contributed by atoms with van der Waals surface area (Å²) in [4.78, 5) is 13.8. The van der Waals surface area contributed by atoms with Crippen LogP contribution in [0.2, 0.25) is 0 Å². The lowest BCUT2D eigenvalue weighted by Gasteiger charge is -2.30. The van der Waals surface area contributed by atoms with Crippen LogP contribution in [-0.4, -0.2) is 39.7 Å². The van der Waals surface area contributed by atoms with E-state index in [0.717, 1.165) is 48.2 Å². The molecule has 0 N–H and O–H groups in total. The first-order valence-corrected chi connectivity index (χ1v) is 11.6. The number of unbranched alkanes of at least 4 members (excludes halogenated alkanes) is 2. The van der Waals surface area contributed by atoms with E-state index in [1.807, 2.05) is 50.4 Å². The highest BCUT2D eigenvalue weighted by molar-refractivity contribution is 7.92. The van der Waals surface area contributed by atoms with Gasteiger partial charge in [0, 0.05) is 13.5 Å². The largest absolute Gasteiger partial charge is 0.300 e. The second-order valence-electron chi connectivity index (χ2n) is 7.97. The fraction of sp³-hybridized carbons (Fsp3) is 0.435. The molecule has 1 atom stereocenters. The monoisotopic (exact) mass is 414 g/mol. The van der Waals surface area contributed by atoms with Gasteiger partial charge in [-0.25, -0.2) is 8.42 Å². The van der Waals surface area contributed by atoms with Gasteiger partial charge in [-0.3, -0.25) is 9.21 Å². The molecule has 29 heavy (non-hydrogen) atoms. The number of fused-ring (bicyclic) bond motifs is 2. The van der Waals surface area contributed by atoms with Crippen LogP contribution in [0.4, 0.5) is 5.69 Å². The second-order valence-corrected chi connectivity index (χ2v) is 9.91. The van der Waals surface area contributed by atoms with Crippen LogP contribution < -0.4 is 4.31 Å². The van der Waals surface area contributed by atoms with Crippen molar-refractivity contribution in [3.63, 3.8) is 0 Å². The summed E-state index contributed by atoms with van der Waals surface area (Å²) < 4.78 is 28.1. The first-order valence-electron chi connectivity index (χ1n) is 10.1. The molecule has 1 aliphatic heterocycles. The van der Waals surface area contributed by atoms with E-state index in [-0.39, 0.29) is 11.8 Å². The molecule has 156 valence electrons. The standard InChI is InChI=1S/C23H30N2O3S/c1-17-13-14-20-22(16-17)29(27,28)25(4)21-12-8-7-11-19(21)23(20)24(3)15-9-5-6-10-18(2)26/h7-8,11-14,16,23H,5-6,9-10,15H2,1-4H3. The summed E-state index contributed by atoms with van der Waals surface area (Å²) in [7, 11) is 0.0500. The number of hydrogen-bond donors (Lipinski definition) is 0. The van der Waals surface area contributed by atoms with Crippen molar-refractivity contribution in [3.05, 3.63) is 59.2 Å². The molecule has 0 bridgehead atoms. The van der Waals surface area contributed by atoms with Crippen LogP contribution in [0, 0.1) is 6.92 Å². The smallest absolute Gasteiger partial charge is 0.264 e. The van der Waals surface area contributed by atoms with E-state index >= 15 is 0 Å². The Kier molecular flexibility index (Phi) is 6.44. The zero-order chi connectivity index (χ0) is 21.2. The summed E-state index contributed by atoms with van der Waals surface area (Å²) in [6.07, 6.45) is 3.47. The Labute approximate surface area is 174 Å². The number of ketones is 1. The van der Waals surface area contributed by atoms with Crippen LogP contribution in [0.15, 0.2) is 47.4 Å². The van der Waals surface area contributed by atoms with Crippen LogP contribution >= 0.6 is 0 Å². The van der Waals surface area contributed by atoms with E-state index in [1.165, 1.54) is 4.31 Å². The summed E-state index contributed by atoms with van der Waals surface area (Å²) in [6, 6.07) is 13.3. The molecule has 0 spiro atoms. The highest BCUT2D eigenvalue weighted by atomic mass is 32.2. The van der Waals surface area contributed by atoms with E-state index in [2.05, 4.69) is 4.90 Å². The zero-order valence-electron chi connectivity index (χ0n) is 17.7. The molecule has 0 amide bonds. The maximum Gasteiger partial charge on any atom is 0.264 e. The van der Waals surface area contributed by atoms with Crippen molar-refractivity contribution in [3.8, 4) is 0 Å². The number of hydrogen-bond acceptors (Lipinski definition) is 4. The van der Waals surface area contributed by atoms with Gasteiger partial charge in [0.05, 0.1) is 16.6 Å². The van der Waals surface area contributed by atoms with E-state index in [0.29, 0.717) is 11.3 Å². The third kappa shape index (κ3) is 4.38. The first-order chi connectivity index (χ1) is 13.7. The minimum absolute atomic E-state index is 0.144. The number of para-hydroxylation sites is 1. The van der Waals surface area contributed by atoms with Gasteiger partial charge in [-0.2, -0.15) is 0 Å². The number of Topliss-reactive ketones (excluding diaryl/α,β-unsaturated/α-hetero) is 1. The third-order valence-corrected chi connectivity index (χ3v) is 7.48. The van der Waals surface area contributed by atoms with Crippen molar-refractivity contribution >= 4 is 21.5 Å². The number of benzene rings is 2. The van der Waals surface area contributed by atoms with E-state index < -0.39 is 10.0 Å². The van der Waals surface area contributed by atoms with Crippen molar-refractivity contribution in [2.75, 3.05) is 24.9 Å².